The van der Waals surface area contributed by atoms with Gasteiger partial charge < -0.3 is 10.2 Å². The van der Waals surface area contributed by atoms with E-state index in [0.29, 0.717) is 6.04 Å². The Labute approximate surface area is 144 Å². The summed E-state index contributed by atoms with van der Waals surface area (Å²) in [7, 11) is 1.93. The number of halogens is 2. The van der Waals surface area contributed by atoms with Gasteiger partial charge in [0.15, 0.2) is 0 Å². The van der Waals surface area contributed by atoms with Crippen molar-refractivity contribution in [2.75, 3.05) is 13.6 Å². The lowest BCUT2D eigenvalue weighted by atomic mass is 9.91. The minimum absolute atomic E-state index is 0. The second kappa shape index (κ2) is 8.76. The normalized spacial score (nSPS) is 22.5. The Hall–Kier alpha value is -0.770. The van der Waals surface area contributed by atoms with Gasteiger partial charge in [0.25, 0.3) is 0 Å². The Morgan fingerprint density at radius 2 is 2.05 bits per heavy atom. The third-order valence-electron chi connectivity index (χ3n) is 4.43. The van der Waals surface area contributed by atoms with Crippen LogP contribution in [0.2, 0.25) is 5.02 Å². The highest BCUT2D eigenvalue weighted by atomic mass is 35.5. The van der Waals surface area contributed by atoms with Crippen LogP contribution in [-0.2, 0) is 11.2 Å². The van der Waals surface area contributed by atoms with Crippen LogP contribution in [0.1, 0.15) is 32.3 Å². The van der Waals surface area contributed by atoms with Gasteiger partial charge in [0.05, 0.1) is 0 Å². The summed E-state index contributed by atoms with van der Waals surface area (Å²) in [5.41, 5.74) is 1.21. The maximum absolute atomic E-state index is 12.6. The molecule has 1 amide bonds. The highest BCUT2D eigenvalue weighted by molar-refractivity contribution is 6.30. The van der Waals surface area contributed by atoms with Crippen LogP contribution in [0.5, 0.6) is 0 Å². The predicted molar refractivity (Wildman–Crippen MR) is 94.8 cm³/mol. The van der Waals surface area contributed by atoms with E-state index in [1.807, 2.05) is 36.2 Å². The molecular weight excluding hydrogens is 319 g/mol. The molecule has 1 aromatic carbocycles. The van der Waals surface area contributed by atoms with Crippen LogP contribution in [0.4, 0.5) is 0 Å². The van der Waals surface area contributed by atoms with Gasteiger partial charge in [-0.3, -0.25) is 4.79 Å². The molecule has 1 aromatic rings. The van der Waals surface area contributed by atoms with E-state index in [-0.39, 0.29) is 30.3 Å². The lowest BCUT2D eigenvalue weighted by Crippen LogP contribution is -2.45. The average Bonchev–Trinajstić information content (AvgIpc) is 2.48. The van der Waals surface area contributed by atoms with Crippen molar-refractivity contribution in [2.24, 2.45) is 5.92 Å². The van der Waals surface area contributed by atoms with E-state index in [0.717, 1.165) is 30.8 Å². The maximum atomic E-state index is 12.6. The molecule has 1 unspecified atom stereocenters. The van der Waals surface area contributed by atoms with Crippen LogP contribution >= 0.6 is 24.0 Å². The minimum atomic E-state index is 0. The Kier molecular flexibility index (Phi) is 7.67. The zero-order valence-electron chi connectivity index (χ0n) is 13.5. The summed E-state index contributed by atoms with van der Waals surface area (Å²) >= 11 is 5.91. The van der Waals surface area contributed by atoms with Gasteiger partial charge in [0, 0.05) is 30.1 Å². The van der Waals surface area contributed by atoms with Gasteiger partial charge in [0.2, 0.25) is 5.91 Å². The molecular formula is C17H26Cl2N2O. The SMILES string of the molecule is CC(Cc1ccc(Cl)cc1)N(C)C(=O)[C@H]1CCN[C@@H](C)C1.Cl. The fourth-order valence-electron chi connectivity index (χ4n) is 2.96. The molecule has 1 aliphatic rings. The summed E-state index contributed by atoms with van der Waals surface area (Å²) in [4.78, 5) is 14.5. The fourth-order valence-corrected chi connectivity index (χ4v) is 3.09. The molecule has 0 aliphatic carbocycles. The number of nitrogens with one attached hydrogen (secondary N) is 1. The van der Waals surface area contributed by atoms with Gasteiger partial charge in [-0.25, -0.2) is 0 Å². The molecule has 0 spiro atoms. The first kappa shape index (κ1) is 19.3. The van der Waals surface area contributed by atoms with Crippen molar-refractivity contribution < 1.29 is 4.79 Å². The lowest BCUT2D eigenvalue weighted by molar-refractivity contribution is -0.137. The minimum Gasteiger partial charge on any atom is -0.342 e. The highest BCUT2D eigenvalue weighted by Gasteiger charge is 2.28. The number of nitrogens with zero attached hydrogens (tertiary/aromatic N) is 1. The predicted octanol–water partition coefficient (Wildman–Crippen LogP) is 3.54. The largest absolute Gasteiger partial charge is 0.342 e. The first-order valence-corrected chi connectivity index (χ1v) is 8.09. The molecule has 1 N–H and O–H groups in total. The van der Waals surface area contributed by atoms with Crippen LogP contribution in [0.3, 0.4) is 0 Å². The first-order chi connectivity index (χ1) is 9.97. The van der Waals surface area contributed by atoms with Crippen LogP contribution in [0, 0.1) is 5.92 Å². The van der Waals surface area contributed by atoms with E-state index in [1.165, 1.54) is 5.56 Å². The Morgan fingerprint density at radius 1 is 1.41 bits per heavy atom. The van der Waals surface area contributed by atoms with Gasteiger partial charge in [-0.1, -0.05) is 23.7 Å². The molecule has 2 rings (SSSR count). The average molecular weight is 345 g/mol. The van der Waals surface area contributed by atoms with E-state index in [4.69, 9.17) is 11.6 Å². The first-order valence-electron chi connectivity index (χ1n) is 7.72. The monoisotopic (exact) mass is 344 g/mol. The van der Waals surface area contributed by atoms with Gasteiger partial charge in [-0.05, 0) is 57.4 Å². The summed E-state index contributed by atoms with van der Waals surface area (Å²) in [5, 5.41) is 4.15. The van der Waals surface area contributed by atoms with Crippen LogP contribution in [0.15, 0.2) is 24.3 Å². The van der Waals surface area contributed by atoms with E-state index < -0.39 is 0 Å². The zero-order valence-corrected chi connectivity index (χ0v) is 15.1. The Balaban J connectivity index is 0.00000242. The van der Waals surface area contributed by atoms with Gasteiger partial charge >= 0.3 is 0 Å². The lowest BCUT2D eigenvalue weighted by Gasteiger charge is -2.33. The van der Waals surface area contributed by atoms with E-state index in [1.54, 1.807) is 0 Å². The molecule has 1 heterocycles. The van der Waals surface area contributed by atoms with E-state index >= 15 is 0 Å². The van der Waals surface area contributed by atoms with Crippen molar-refractivity contribution in [3.05, 3.63) is 34.9 Å². The summed E-state index contributed by atoms with van der Waals surface area (Å²) in [6.45, 7) is 5.20. The van der Waals surface area contributed by atoms with E-state index in [9.17, 15) is 4.79 Å². The fraction of sp³-hybridized carbons (Fsp3) is 0.588. The van der Waals surface area contributed by atoms with Gasteiger partial charge in [-0.15, -0.1) is 12.4 Å². The van der Waals surface area contributed by atoms with Crippen molar-refractivity contribution in [2.45, 2.75) is 45.2 Å². The number of likely N-dealkylation sites (N-methyl/N-ethyl adjacent to an activating group) is 1. The van der Waals surface area contributed by atoms with Crippen molar-refractivity contribution in [1.29, 1.82) is 0 Å². The van der Waals surface area contributed by atoms with Gasteiger partial charge in [-0.2, -0.15) is 0 Å². The number of benzene rings is 1. The third-order valence-corrected chi connectivity index (χ3v) is 4.68. The van der Waals surface area contributed by atoms with Crippen LogP contribution in [-0.4, -0.2) is 36.5 Å². The topological polar surface area (TPSA) is 32.3 Å². The Bertz CT molecular complexity index is 478. The zero-order chi connectivity index (χ0) is 15.4. The molecule has 0 radical (unpaired) electrons. The summed E-state index contributed by atoms with van der Waals surface area (Å²) in [6.07, 6.45) is 2.75. The summed E-state index contributed by atoms with van der Waals surface area (Å²) in [6, 6.07) is 8.50. The molecule has 124 valence electrons. The molecule has 3 nitrogen and oxygen atoms in total. The standard InChI is InChI=1S/C17H25ClN2O.ClH/c1-12-10-15(8-9-19-12)17(21)20(3)13(2)11-14-4-6-16(18)7-5-14;/h4-7,12-13,15,19H,8-11H2,1-3H3;1H/t12-,13?,15-;/m0./s1. The number of amides is 1. The van der Waals surface area contributed by atoms with Crippen molar-refractivity contribution >= 4 is 29.9 Å². The molecule has 5 heteroatoms. The maximum Gasteiger partial charge on any atom is 0.225 e. The van der Waals surface area contributed by atoms with Crippen molar-refractivity contribution in [3.8, 4) is 0 Å². The number of carbonyl (C=O) groups is 1. The molecule has 0 aromatic heterocycles. The number of carbonyl (C=O) groups excluding carboxylic acids is 1. The molecule has 1 fully saturated rings. The van der Waals surface area contributed by atoms with Crippen LogP contribution < -0.4 is 5.32 Å². The number of rotatable bonds is 4. The summed E-state index contributed by atoms with van der Waals surface area (Å²) < 4.78 is 0. The molecule has 22 heavy (non-hydrogen) atoms. The quantitative estimate of drug-likeness (QED) is 0.905. The number of hydrogen-bond acceptors (Lipinski definition) is 2. The molecule has 0 bridgehead atoms. The number of piperidine rings is 1. The van der Waals surface area contributed by atoms with Crippen LogP contribution in [0.25, 0.3) is 0 Å². The summed E-state index contributed by atoms with van der Waals surface area (Å²) in [5.74, 6) is 0.448. The third kappa shape index (κ3) is 5.15. The van der Waals surface area contributed by atoms with Crippen molar-refractivity contribution in [3.63, 3.8) is 0 Å². The van der Waals surface area contributed by atoms with Gasteiger partial charge in [0.1, 0.15) is 0 Å². The smallest absolute Gasteiger partial charge is 0.225 e. The molecule has 1 saturated heterocycles. The highest BCUT2D eigenvalue weighted by Crippen LogP contribution is 2.20. The Morgan fingerprint density at radius 3 is 2.64 bits per heavy atom. The number of hydrogen-bond donors (Lipinski definition) is 1. The van der Waals surface area contributed by atoms with E-state index in [2.05, 4.69) is 19.2 Å². The molecule has 0 saturated carbocycles. The molecule has 3 atom stereocenters. The second-order valence-corrected chi connectivity index (χ2v) is 6.64. The van der Waals surface area contributed by atoms with Crippen molar-refractivity contribution in [1.82, 2.24) is 10.2 Å². The second-order valence-electron chi connectivity index (χ2n) is 6.21. The molecule has 1 aliphatic heterocycles.